The molecule has 0 aliphatic carbocycles. The summed E-state index contributed by atoms with van der Waals surface area (Å²) in [6.45, 7) is 3.69. The van der Waals surface area contributed by atoms with Gasteiger partial charge in [-0.3, -0.25) is 4.90 Å². The highest BCUT2D eigenvalue weighted by Gasteiger charge is 2.49. The van der Waals surface area contributed by atoms with E-state index in [1.165, 1.54) is 0 Å². The molecule has 2 aliphatic heterocycles. The Morgan fingerprint density at radius 3 is 2.78 bits per heavy atom. The number of carbonyl (C=O) groups excluding carboxylic acids is 1. The molecule has 2 saturated heterocycles. The number of hydrogen-bond acceptors (Lipinski definition) is 1. The van der Waals surface area contributed by atoms with Crippen LogP contribution >= 0.6 is 23.2 Å². The topological polar surface area (TPSA) is 23.6 Å². The van der Waals surface area contributed by atoms with E-state index < -0.39 is 0 Å². The van der Waals surface area contributed by atoms with Gasteiger partial charge in [0, 0.05) is 11.6 Å². The minimum absolute atomic E-state index is 0.0416. The number of benzene rings is 1. The second-order valence-corrected chi connectivity index (χ2v) is 6.06. The molecule has 3 nitrogen and oxygen atoms in total. The van der Waals surface area contributed by atoms with Crippen LogP contribution in [0.5, 0.6) is 0 Å². The number of urea groups is 1. The number of nitrogens with zero attached hydrogens (tertiary/aromatic N) is 2. The fraction of sp³-hybridized carbons (Fsp3) is 0.462. The first kappa shape index (κ1) is 12.1. The zero-order chi connectivity index (χ0) is 12.9. The SMILES string of the molecule is CC12CCCN1C(=O)N(c1ccc(Cl)cc1Cl)C2. The highest BCUT2D eigenvalue weighted by molar-refractivity contribution is 6.36. The molecule has 0 bridgehead atoms. The Hall–Kier alpha value is -0.930. The molecule has 0 spiro atoms. The summed E-state index contributed by atoms with van der Waals surface area (Å²) in [4.78, 5) is 16.1. The first-order valence-corrected chi connectivity index (χ1v) is 6.81. The fourth-order valence-electron chi connectivity index (χ4n) is 2.96. The van der Waals surface area contributed by atoms with Crippen molar-refractivity contribution in [3.05, 3.63) is 28.2 Å². The van der Waals surface area contributed by atoms with Crippen LogP contribution in [0.3, 0.4) is 0 Å². The van der Waals surface area contributed by atoms with Crippen LogP contribution in [-0.2, 0) is 0 Å². The highest BCUT2D eigenvalue weighted by Crippen LogP contribution is 2.40. The van der Waals surface area contributed by atoms with Gasteiger partial charge in [0.15, 0.2) is 0 Å². The van der Waals surface area contributed by atoms with Gasteiger partial charge >= 0.3 is 6.03 Å². The van der Waals surface area contributed by atoms with Crippen LogP contribution in [0, 0.1) is 0 Å². The molecular weight excluding hydrogens is 271 g/mol. The van der Waals surface area contributed by atoms with Gasteiger partial charge in [-0.2, -0.15) is 0 Å². The molecule has 2 heterocycles. The van der Waals surface area contributed by atoms with Gasteiger partial charge in [-0.25, -0.2) is 4.79 Å². The molecular formula is C13H14Cl2N2O. The zero-order valence-electron chi connectivity index (χ0n) is 10.1. The Bertz CT molecular complexity index is 520. The third-order valence-corrected chi connectivity index (χ3v) is 4.45. The van der Waals surface area contributed by atoms with Crippen molar-refractivity contribution in [3.8, 4) is 0 Å². The van der Waals surface area contributed by atoms with E-state index in [0.29, 0.717) is 16.6 Å². The number of amides is 2. The summed E-state index contributed by atoms with van der Waals surface area (Å²) in [5, 5.41) is 1.11. The third kappa shape index (κ3) is 1.69. The van der Waals surface area contributed by atoms with Gasteiger partial charge < -0.3 is 4.90 Å². The number of fused-ring (bicyclic) bond motifs is 1. The molecule has 0 radical (unpaired) electrons. The Labute approximate surface area is 116 Å². The second kappa shape index (κ2) is 4.04. The maximum Gasteiger partial charge on any atom is 0.325 e. The maximum absolute atomic E-state index is 12.4. The number of halogens is 2. The summed E-state index contributed by atoms with van der Waals surface area (Å²) < 4.78 is 0. The minimum Gasteiger partial charge on any atom is -0.317 e. The molecule has 1 unspecified atom stereocenters. The molecule has 0 aromatic heterocycles. The minimum atomic E-state index is -0.0416. The van der Waals surface area contributed by atoms with Crippen molar-refractivity contribution < 1.29 is 4.79 Å². The number of rotatable bonds is 1. The van der Waals surface area contributed by atoms with Crippen molar-refractivity contribution in [3.63, 3.8) is 0 Å². The highest BCUT2D eigenvalue weighted by atomic mass is 35.5. The summed E-state index contributed by atoms with van der Waals surface area (Å²) in [6.07, 6.45) is 2.14. The van der Waals surface area contributed by atoms with Crippen molar-refractivity contribution in [1.29, 1.82) is 0 Å². The van der Waals surface area contributed by atoms with E-state index in [9.17, 15) is 4.79 Å². The van der Waals surface area contributed by atoms with Gasteiger partial charge in [-0.05, 0) is 38.0 Å². The van der Waals surface area contributed by atoms with Gasteiger partial charge in [-0.1, -0.05) is 23.2 Å². The van der Waals surface area contributed by atoms with Crippen LogP contribution in [0.25, 0.3) is 0 Å². The quantitative estimate of drug-likeness (QED) is 0.770. The lowest BCUT2D eigenvalue weighted by molar-refractivity contribution is 0.197. The molecule has 1 aromatic carbocycles. The second-order valence-electron chi connectivity index (χ2n) is 5.22. The lowest BCUT2D eigenvalue weighted by Crippen LogP contribution is -2.38. The van der Waals surface area contributed by atoms with Gasteiger partial charge in [0.05, 0.1) is 22.8 Å². The maximum atomic E-state index is 12.4. The van der Waals surface area contributed by atoms with E-state index >= 15 is 0 Å². The molecule has 1 aromatic rings. The van der Waals surface area contributed by atoms with Crippen molar-refractivity contribution >= 4 is 34.9 Å². The summed E-state index contributed by atoms with van der Waals surface area (Å²) in [5.74, 6) is 0. The Kier molecular flexibility index (Phi) is 2.72. The molecule has 0 saturated carbocycles. The lowest BCUT2D eigenvalue weighted by Gasteiger charge is -2.24. The molecule has 2 amide bonds. The predicted molar refractivity (Wildman–Crippen MR) is 73.5 cm³/mol. The molecule has 18 heavy (non-hydrogen) atoms. The summed E-state index contributed by atoms with van der Waals surface area (Å²) in [7, 11) is 0. The lowest BCUT2D eigenvalue weighted by atomic mass is 10.0. The Balaban J connectivity index is 1.97. The first-order chi connectivity index (χ1) is 8.51. The first-order valence-electron chi connectivity index (χ1n) is 6.05. The summed E-state index contributed by atoms with van der Waals surface area (Å²) in [5.41, 5.74) is 0.710. The molecule has 2 aliphatic rings. The van der Waals surface area contributed by atoms with Gasteiger partial charge in [0.25, 0.3) is 0 Å². The smallest absolute Gasteiger partial charge is 0.317 e. The predicted octanol–water partition coefficient (Wildman–Crippen LogP) is 3.79. The third-order valence-electron chi connectivity index (χ3n) is 3.91. The average Bonchev–Trinajstić information content (AvgIpc) is 2.77. The Morgan fingerprint density at radius 1 is 1.33 bits per heavy atom. The molecule has 5 heteroatoms. The van der Waals surface area contributed by atoms with E-state index in [1.807, 2.05) is 11.0 Å². The van der Waals surface area contributed by atoms with Crippen LogP contribution in [-0.4, -0.2) is 29.6 Å². The van der Waals surface area contributed by atoms with E-state index in [1.54, 1.807) is 17.0 Å². The van der Waals surface area contributed by atoms with Gasteiger partial charge in [-0.15, -0.1) is 0 Å². The summed E-state index contributed by atoms with van der Waals surface area (Å²) in [6, 6.07) is 5.31. The zero-order valence-corrected chi connectivity index (χ0v) is 11.6. The standard InChI is InChI=1S/C13H14Cl2N2O/c1-13-5-2-6-17(13)12(18)16(8-13)11-4-3-9(14)7-10(11)15/h3-4,7H,2,5-6,8H2,1H3. The van der Waals surface area contributed by atoms with E-state index in [4.69, 9.17) is 23.2 Å². The van der Waals surface area contributed by atoms with Crippen molar-refractivity contribution in [2.24, 2.45) is 0 Å². The monoisotopic (exact) mass is 284 g/mol. The molecule has 1 atom stereocenters. The molecule has 3 rings (SSSR count). The van der Waals surface area contributed by atoms with Crippen molar-refractivity contribution in [2.75, 3.05) is 18.0 Å². The fourth-order valence-corrected chi connectivity index (χ4v) is 3.47. The molecule has 2 fully saturated rings. The van der Waals surface area contributed by atoms with Crippen LogP contribution in [0.1, 0.15) is 19.8 Å². The van der Waals surface area contributed by atoms with Gasteiger partial charge in [0.2, 0.25) is 0 Å². The number of carbonyl (C=O) groups is 1. The van der Waals surface area contributed by atoms with Gasteiger partial charge in [0.1, 0.15) is 0 Å². The van der Waals surface area contributed by atoms with Crippen LogP contribution in [0.15, 0.2) is 18.2 Å². The Morgan fingerprint density at radius 2 is 2.11 bits per heavy atom. The largest absolute Gasteiger partial charge is 0.325 e. The van der Waals surface area contributed by atoms with Crippen molar-refractivity contribution in [1.82, 2.24) is 4.90 Å². The summed E-state index contributed by atoms with van der Waals surface area (Å²) >= 11 is 12.1. The van der Waals surface area contributed by atoms with Crippen molar-refractivity contribution in [2.45, 2.75) is 25.3 Å². The van der Waals surface area contributed by atoms with Crippen LogP contribution < -0.4 is 4.90 Å². The molecule has 96 valence electrons. The van der Waals surface area contributed by atoms with Crippen LogP contribution in [0.2, 0.25) is 10.0 Å². The number of anilines is 1. The van der Waals surface area contributed by atoms with E-state index in [0.717, 1.165) is 25.1 Å². The normalized spacial score (nSPS) is 26.9. The van der Waals surface area contributed by atoms with E-state index in [-0.39, 0.29) is 11.6 Å². The average molecular weight is 285 g/mol. The number of hydrogen-bond donors (Lipinski definition) is 0. The van der Waals surface area contributed by atoms with E-state index in [2.05, 4.69) is 6.92 Å². The van der Waals surface area contributed by atoms with Crippen LogP contribution in [0.4, 0.5) is 10.5 Å². The molecule has 0 N–H and O–H groups in total.